The van der Waals surface area contributed by atoms with Crippen molar-refractivity contribution in [2.24, 2.45) is 5.73 Å². The summed E-state index contributed by atoms with van der Waals surface area (Å²) in [6, 6.07) is 18.8. The van der Waals surface area contributed by atoms with Crippen molar-refractivity contribution in [3.05, 3.63) is 71.3 Å². The summed E-state index contributed by atoms with van der Waals surface area (Å²) in [6.07, 6.45) is 1.82. The van der Waals surface area contributed by atoms with E-state index in [-0.39, 0.29) is 12.1 Å². The van der Waals surface area contributed by atoms with Crippen molar-refractivity contribution < 1.29 is 4.74 Å². The first-order valence-corrected chi connectivity index (χ1v) is 7.15. The predicted molar refractivity (Wildman–Crippen MR) is 83.7 cm³/mol. The van der Waals surface area contributed by atoms with E-state index >= 15 is 0 Å². The number of hydrogen-bond acceptors (Lipinski definition) is 2. The highest BCUT2D eigenvalue weighted by Crippen LogP contribution is 2.21. The van der Waals surface area contributed by atoms with Crippen LogP contribution in [0.5, 0.6) is 0 Å². The Morgan fingerprint density at radius 2 is 1.55 bits per heavy atom. The number of ether oxygens (including phenoxy) is 1. The largest absolute Gasteiger partial charge is 0.375 e. The maximum atomic E-state index is 6.34. The Morgan fingerprint density at radius 3 is 2.10 bits per heavy atom. The van der Waals surface area contributed by atoms with Gasteiger partial charge in [0.05, 0.1) is 6.10 Å². The van der Waals surface area contributed by atoms with Crippen LogP contribution in [0.3, 0.4) is 0 Å². The van der Waals surface area contributed by atoms with E-state index in [1.54, 1.807) is 7.11 Å². The fourth-order valence-electron chi connectivity index (χ4n) is 2.49. The van der Waals surface area contributed by atoms with Crippen LogP contribution in [0, 0.1) is 0 Å². The minimum absolute atomic E-state index is 0.0464. The Labute approximate surface area is 121 Å². The van der Waals surface area contributed by atoms with Gasteiger partial charge in [-0.3, -0.25) is 0 Å². The van der Waals surface area contributed by atoms with Gasteiger partial charge in [0, 0.05) is 13.2 Å². The molecule has 106 valence electrons. The third-order valence-electron chi connectivity index (χ3n) is 3.67. The normalized spacial score (nSPS) is 13.9. The van der Waals surface area contributed by atoms with Crippen molar-refractivity contribution in [1.29, 1.82) is 0 Å². The molecule has 2 nitrogen and oxygen atoms in total. The number of methoxy groups -OCH3 is 1. The minimum atomic E-state index is -0.0675. The summed E-state index contributed by atoms with van der Waals surface area (Å²) >= 11 is 0. The maximum absolute atomic E-state index is 6.34. The second kappa shape index (κ2) is 7.22. The second-order valence-corrected chi connectivity index (χ2v) is 5.11. The lowest BCUT2D eigenvalue weighted by molar-refractivity contribution is 0.0803. The standard InChI is InChI=1S/C18H23NO/c1-3-14-9-11-15(12-10-14)13-17(19)18(20-2)16-7-5-4-6-8-16/h4-12,17-18H,3,13,19H2,1-2H3. The number of benzene rings is 2. The van der Waals surface area contributed by atoms with Crippen molar-refractivity contribution in [3.8, 4) is 0 Å². The highest BCUT2D eigenvalue weighted by Gasteiger charge is 2.19. The van der Waals surface area contributed by atoms with Gasteiger partial charge in [-0.05, 0) is 29.5 Å². The number of rotatable bonds is 6. The minimum Gasteiger partial charge on any atom is -0.375 e. The smallest absolute Gasteiger partial charge is 0.0975 e. The molecule has 2 N–H and O–H groups in total. The lowest BCUT2D eigenvalue weighted by atomic mass is 9.96. The Morgan fingerprint density at radius 1 is 0.950 bits per heavy atom. The van der Waals surface area contributed by atoms with Crippen LogP contribution in [0.2, 0.25) is 0 Å². The first-order chi connectivity index (χ1) is 9.74. The van der Waals surface area contributed by atoms with Crippen LogP contribution in [0.4, 0.5) is 0 Å². The Hall–Kier alpha value is -1.64. The van der Waals surface area contributed by atoms with E-state index in [4.69, 9.17) is 10.5 Å². The average Bonchev–Trinajstić information content (AvgIpc) is 2.50. The Balaban J connectivity index is 2.07. The molecule has 0 bridgehead atoms. The zero-order valence-electron chi connectivity index (χ0n) is 12.3. The first-order valence-electron chi connectivity index (χ1n) is 7.15. The summed E-state index contributed by atoms with van der Waals surface area (Å²) in [6.45, 7) is 2.16. The fourth-order valence-corrected chi connectivity index (χ4v) is 2.49. The summed E-state index contributed by atoms with van der Waals surface area (Å²) < 4.78 is 5.59. The molecule has 0 radical (unpaired) electrons. The van der Waals surface area contributed by atoms with Gasteiger partial charge in [0.15, 0.2) is 0 Å². The van der Waals surface area contributed by atoms with Crippen LogP contribution < -0.4 is 5.73 Å². The van der Waals surface area contributed by atoms with E-state index < -0.39 is 0 Å². The van der Waals surface area contributed by atoms with E-state index in [2.05, 4.69) is 43.3 Å². The molecule has 2 heteroatoms. The van der Waals surface area contributed by atoms with Gasteiger partial charge in [0.25, 0.3) is 0 Å². The Bertz CT molecular complexity index is 507. The molecule has 0 aliphatic rings. The van der Waals surface area contributed by atoms with E-state index in [9.17, 15) is 0 Å². The van der Waals surface area contributed by atoms with E-state index in [1.165, 1.54) is 11.1 Å². The summed E-state index contributed by atoms with van der Waals surface area (Å²) in [5.74, 6) is 0. The molecule has 0 saturated carbocycles. The number of hydrogen-bond donors (Lipinski definition) is 1. The van der Waals surface area contributed by atoms with Crippen LogP contribution in [-0.4, -0.2) is 13.2 Å². The van der Waals surface area contributed by atoms with Crippen LogP contribution >= 0.6 is 0 Å². The molecule has 0 spiro atoms. The highest BCUT2D eigenvalue weighted by atomic mass is 16.5. The molecule has 0 aliphatic carbocycles. The molecule has 0 amide bonds. The molecule has 0 aromatic heterocycles. The monoisotopic (exact) mass is 269 g/mol. The van der Waals surface area contributed by atoms with Crippen molar-refractivity contribution in [2.45, 2.75) is 31.9 Å². The van der Waals surface area contributed by atoms with E-state index in [0.29, 0.717) is 0 Å². The molecule has 0 aliphatic heterocycles. The van der Waals surface area contributed by atoms with Gasteiger partial charge in [-0.1, -0.05) is 61.5 Å². The third kappa shape index (κ3) is 3.69. The molecule has 20 heavy (non-hydrogen) atoms. The van der Waals surface area contributed by atoms with Crippen molar-refractivity contribution >= 4 is 0 Å². The van der Waals surface area contributed by atoms with Crippen LogP contribution in [0.1, 0.15) is 29.7 Å². The van der Waals surface area contributed by atoms with Crippen molar-refractivity contribution in [1.82, 2.24) is 0 Å². The van der Waals surface area contributed by atoms with Crippen molar-refractivity contribution in [3.63, 3.8) is 0 Å². The summed E-state index contributed by atoms with van der Waals surface area (Å²) in [4.78, 5) is 0. The van der Waals surface area contributed by atoms with E-state index in [0.717, 1.165) is 18.4 Å². The van der Waals surface area contributed by atoms with Crippen LogP contribution in [-0.2, 0) is 17.6 Å². The summed E-state index contributed by atoms with van der Waals surface area (Å²) in [5.41, 5.74) is 10.1. The first kappa shape index (κ1) is 14.8. The number of aryl methyl sites for hydroxylation is 1. The summed E-state index contributed by atoms with van der Waals surface area (Å²) in [7, 11) is 1.72. The molecule has 2 aromatic carbocycles. The molecule has 0 fully saturated rings. The van der Waals surface area contributed by atoms with Crippen molar-refractivity contribution in [2.75, 3.05) is 7.11 Å². The van der Waals surface area contributed by atoms with Gasteiger partial charge in [-0.2, -0.15) is 0 Å². The van der Waals surface area contributed by atoms with Gasteiger partial charge in [-0.25, -0.2) is 0 Å². The van der Waals surface area contributed by atoms with E-state index in [1.807, 2.05) is 18.2 Å². The Kier molecular flexibility index (Phi) is 5.33. The van der Waals surface area contributed by atoms with Gasteiger partial charge in [0.1, 0.15) is 0 Å². The quantitative estimate of drug-likeness (QED) is 0.871. The summed E-state index contributed by atoms with van der Waals surface area (Å²) in [5, 5.41) is 0. The topological polar surface area (TPSA) is 35.2 Å². The lowest BCUT2D eigenvalue weighted by Gasteiger charge is -2.23. The molecular formula is C18H23NO. The molecule has 2 aromatic rings. The fraction of sp³-hybridized carbons (Fsp3) is 0.333. The van der Waals surface area contributed by atoms with Gasteiger partial charge < -0.3 is 10.5 Å². The van der Waals surface area contributed by atoms with Crippen LogP contribution in [0.15, 0.2) is 54.6 Å². The zero-order valence-corrected chi connectivity index (χ0v) is 12.3. The molecule has 2 atom stereocenters. The lowest BCUT2D eigenvalue weighted by Crippen LogP contribution is -2.31. The van der Waals surface area contributed by atoms with Gasteiger partial charge in [-0.15, -0.1) is 0 Å². The number of nitrogens with two attached hydrogens (primary N) is 1. The molecule has 0 saturated heterocycles. The average molecular weight is 269 g/mol. The van der Waals surface area contributed by atoms with Crippen LogP contribution in [0.25, 0.3) is 0 Å². The molecule has 0 heterocycles. The second-order valence-electron chi connectivity index (χ2n) is 5.11. The SMILES string of the molecule is CCc1ccc(CC(N)C(OC)c2ccccc2)cc1. The molecule has 2 rings (SSSR count). The third-order valence-corrected chi connectivity index (χ3v) is 3.67. The molecular weight excluding hydrogens is 246 g/mol. The van der Waals surface area contributed by atoms with Gasteiger partial charge in [0.2, 0.25) is 0 Å². The zero-order chi connectivity index (χ0) is 14.4. The highest BCUT2D eigenvalue weighted by molar-refractivity contribution is 5.25. The van der Waals surface area contributed by atoms with Gasteiger partial charge >= 0.3 is 0 Å². The predicted octanol–water partition coefficient (Wildman–Crippen LogP) is 3.51. The maximum Gasteiger partial charge on any atom is 0.0975 e. The molecule has 2 unspecified atom stereocenters.